The molecular formula is C4H7N. The fraction of sp³-hybridized carbons (Fsp3) is 0.500. The van der Waals surface area contributed by atoms with E-state index in [2.05, 4.69) is 5.92 Å². The van der Waals surface area contributed by atoms with Gasteiger partial charge in [0.05, 0.1) is 6.04 Å². The number of hydrogen-bond acceptors (Lipinski definition) is 1. The van der Waals surface area contributed by atoms with Gasteiger partial charge < -0.3 is 5.73 Å². The quantitative estimate of drug-likeness (QED) is 0.397. The summed E-state index contributed by atoms with van der Waals surface area (Å²) >= 11 is 0. The highest BCUT2D eigenvalue weighted by atomic mass is 14.6. The summed E-state index contributed by atoms with van der Waals surface area (Å²) in [5.74, 6) is 2.31. The third-order valence-corrected chi connectivity index (χ3v) is 0.263. The van der Waals surface area contributed by atoms with Crippen LogP contribution in [-0.2, 0) is 0 Å². The topological polar surface area (TPSA) is 26.0 Å². The van der Waals surface area contributed by atoms with Crippen LogP contribution in [0.1, 0.15) is 6.92 Å². The molecule has 0 spiro atoms. The molecule has 0 aromatic heterocycles. The van der Waals surface area contributed by atoms with Crippen molar-refractivity contribution in [1.82, 2.24) is 0 Å². The first-order chi connectivity index (χ1) is 2.27. The Kier molecular flexibility index (Phi) is 1.63. The molecule has 2 N–H and O–H groups in total. The fourth-order valence-corrected chi connectivity index (χ4v) is 0. The molecule has 0 saturated carbocycles. The molecule has 1 nitrogen and oxygen atoms in total. The molecule has 0 saturated heterocycles. The first-order valence-corrected chi connectivity index (χ1v) is 1.49. The van der Waals surface area contributed by atoms with Gasteiger partial charge in [-0.15, -0.1) is 6.42 Å². The van der Waals surface area contributed by atoms with Gasteiger partial charge in [-0.05, 0) is 6.92 Å². The van der Waals surface area contributed by atoms with Crippen molar-refractivity contribution in [2.24, 2.45) is 5.73 Å². The molecule has 0 aromatic carbocycles. The molecule has 1 heteroatoms. The van der Waals surface area contributed by atoms with Crippen LogP contribution in [0.25, 0.3) is 0 Å². The van der Waals surface area contributed by atoms with Crippen molar-refractivity contribution >= 4 is 0 Å². The molecule has 0 aliphatic heterocycles. The minimum atomic E-state index is -0.0880. The molecule has 0 aliphatic carbocycles. The monoisotopic (exact) mass is 69.1 g/mol. The summed E-state index contributed by atoms with van der Waals surface area (Å²) in [5, 5.41) is 0. The van der Waals surface area contributed by atoms with E-state index < -0.39 is 0 Å². The molecule has 5 heavy (non-hydrogen) atoms. The third kappa shape index (κ3) is 3.52. The lowest BCUT2D eigenvalue weighted by Crippen LogP contribution is -2.10. The Labute approximate surface area is 32.2 Å². The largest absolute Gasteiger partial charge is 0.318 e. The summed E-state index contributed by atoms with van der Waals surface area (Å²) in [6.07, 6.45) is 4.80. The molecule has 0 unspecified atom stereocenters. The third-order valence-electron chi connectivity index (χ3n) is 0.263. The van der Waals surface area contributed by atoms with E-state index in [1.807, 2.05) is 0 Å². The van der Waals surface area contributed by atoms with Crippen molar-refractivity contribution < 1.29 is 0 Å². The maximum absolute atomic E-state index is 5.06. The molecule has 0 bridgehead atoms. The first kappa shape index (κ1) is 4.52. The lowest BCUT2D eigenvalue weighted by atomic mass is 10.4. The van der Waals surface area contributed by atoms with E-state index in [1.54, 1.807) is 6.92 Å². The van der Waals surface area contributed by atoms with Crippen molar-refractivity contribution in [2.45, 2.75) is 13.0 Å². The predicted octanol–water partition coefficient (Wildman–Crippen LogP) is -0.0332. The summed E-state index contributed by atoms with van der Waals surface area (Å²) in [6.45, 7) is 1.76. The van der Waals surface area contributed by atoms with E-state index in [0.717, 1.165) is 0 Å². The molecule has 0 rings (SSSR count). The second kappa shape index (κ2) is 1.80. The number of hydrogen-bond donors (Lipinski definition) is 1. The maximum atomic E-state index is 5.06. The average Bonchev–Trinajstić information content (AvgIpc) is 1.38. The van der Waals surface area contributed by atoms with Gasteiger partial charge in [0.25, 0.3) is 0 Å². The van der Waals surface area contributed by atoms with Crippen molar-refractivity contribution in [2.75, 3.05) is 0 Å². The van der Waals surface area contributed by atoms with Crippen molar-refractivity contribution in [3.63, 3.8) is 0 Å². The Morgan fingerprint density at radius 1 is 2.00 bits per heavy atom. The number of rotatable bonds is 0. The summed E-state index contributed by atoms with van der Waals surface area (Å²) in [7, 11) is 0. The van der Waals surface area contributed by atoms with Crippen LogP contribution in [0.3, 0.4) is 0 Å². The molecule has 1 atom stereocenters. The van der Waals surface area contributed by atoms with Gasteiger partial charge in [-0.3, -0.25) is 0 Å². The highest BCUT2D eigenvalue weighted by molar-refractivity contribution is 4.92. The van der Waals surface area contributed by atoms with Gasteiger partial charge in [0.2, 0.25) is 0 Å². The van der Waals surface area contributed by atoms with Gasteiger partial charge >= 0.3 is 0 Å². The van der Waals surface area contributed by atoms with Crippen LogP contribution in [-0.4, -0.2) is 6.04 Å². The number of nitrogens with two attached hydrogens (primary N) is 1. The average molecular weight is 69.1 g/mol. The minimum absolute atomic E-state index is 0.0880. The Balaban J connectivity index is 2.94. The molecule has 0 fully saturated rings. The minimum Gasteiger partial charge on any atom is -0.318 e. The molecule has 28 valence electrons. The lowest BCUT2D eigenvalue weighted by molar-refractivity contribution is 0.961. The Hall–Kier alpha value is -0.480. The van der Waals surface area contributed by atoms with E-state index >= 15 is 0 Å². The van der Waals surface area contributed by atoms with Crippen LogP contribution in [0.15, 0.2) is 0 Å². The molecule has 0 aromatic rings. The van der Waals surface area contributed by atoms with Gasteiger partial charge in [-0.2, -0.15) is 0 Å². The van der Waals surface area contributed by atoms with E-state index in [4.69, 9.17) is 12.2 Å². The highest BCUT2D eigenvalue weighted by Gasteiger charge is 1.73. The molecule has 0 aliphatic rings. The van der Waals surface area contributed by atoms with Crippen molar-refractivity contribution in [3.8, 4) is 12.3 Å². The van der Waals surface area contributed by atoms with Gasteiger partial charge in [0.15, 0.2) is 0 Å². The first-order valence-electron chi connectivity index (χ1n) is 1.49. The van der Waals surface area contributed by atoms with Gasteiger partial charge in [0, 0.05) is 0 Å². The zero-order valence-corrected chi connectivity index (χ0v) is 3.23. The van der Waals surface area contributed by atoms with Gasteiger partial charge in [-0.1, -0.05) is 5.92 Å². The molecule has 0 amide bonds. The zero-order valence-electron chi connectivity index (χ0n) is 3.23. The maximum Gasteiger partial charge on any atom is 0.0633 e. The Bertz CT molecular complexity index is 49.2. The molecular weight excluding hydrogens is 62.1 g/mol. The summed E-state index contributed by atoms with van der Waals surface area (Å²) in [5.41, 5.74) is 5.06. The van der Waals surface area contributed by atoms with Crippen LogP contribution in [0.4, 0.5) is 0 Å². The summed E-state index contributed by atoms with van der Waals surface area (Å²) in [4.78, 5) is 0. The standard InChI is InChI=1S/C4H7N/c1-3-4(2)5/h1,4H,5H2,2H3/t4-/m0/s1. The van der Waals surface area contributed by atoms with Crippen LogP contribution in [0, 0.1) is 12.3 Å². The van der Waals surface area contributed by atoms with E-state index in [9.17, 15) is 0 Å². The SMILES string of the molecule is C#C[C@H](C)N. The summed E-state index contributed by atoms with van der Waals surface area (Å²) in [6, 6.07) is -0.0880. The van der Waals surface area contributed by atoms with Crippen LogP contribution >= 0.6 is 0 Å². The van der Waals surface area contributed by atoms with E-state index in [-0.39, 0.29) is 6.04 Å². The smallest absolute Gasteiger partial charge is 0.0633 e. The van der Waals surface area contributed by atoms with Gasteiger partial charge in [-0.25, -0.2) is 0 Å². The van der Waals surface area contributed by atoms with Gasteiger partial charge in [0.1, 0.15) is 0 Å². The molecule has 0 heterocycles. The Morgan fingerprint density at radius 2 is 2.20 bits per heavy atom. The van der Waals surface area contributed by atoms with Crippen molar-refractivity contribution in [1.29, 1.82) is 0 Å². The van der Waals surface area contributed by atoms with E-state index in [1.165, 1.54) is 0 Å². The highest BCUT2D eigenvalue weighted by Crippen LogP contribution is 1.59. The lowest BCUT2D eigenvalue weighted by Gasteiger charge is -1.82. The predicted molar refractivity (Wildman–Crippen MR) is 22.5 cm³/mol. The van der Waals surface area contributed by atoms with Crippen LogP contribution in [0.2, 0.25) is 0 Å². The van der Waals surface area contributed by atoms with Crippen molar-refractivity contribution in [3.05, 3.63) is 0 Å². The van der Waals surface area contributed by atoms with E-state index in [0.29, 0.717) is 0 Å². The molecule has 0 radical (unpaired) electrons. The summed E-state index contributed by atoms with van der Waals surface area (Å²) < 4.78 is 0. The zero-order chi connectivity index (χ0) is 4.28. The fourth-order valence-electron chi connectivity index (χ4n) is 0. The Morgan fingerprint density at radius 3 is 2.20 bits per heavy atom. The van der Waals surface area contributed by atoms with Crippen LogP contribution in [0.5, 0.6) is 0 Å². The number of terminal acetylenes is 1. The normalized spacial score (nSPS) is 13.0. The second-order valence-electron chi connectivity index (χ2n) is 0.955. The van der Waals surface area contributed by atoms with Crippen LogP contribution < -0.4 is 5.73 Å². The second-order valence-corrected chi connectivity index (χ2v) is 0.955.